The topological polar surface area (TPSA) is 32.3 Å². The number of rotatable bonds is 10. The van der Waals surface area contributed by atoms with Gasteiger partial charge in [0, 0.05) is 10.9 Å². The van der Waals surface area contributed by atoms with Crippen molar-refractivity contribution in [3.63, 3.8) is 0 Å². The van der Waals surface area contributed by atoms with Crippen LogP contribution in [0.4, 0.5) is 0 Å². The summed E-state index contributed by atoms with van der Waals surface area (Å²) in [4.78, 5) is 17.1. The van der Waals surface area contributed by atoms with Gasteiger partial charge in [0.2, 0.25) is 0 Å². The van der Waals surface area contributed by atoms with Crippen LogP contribution >= 0.6 is 11.3 Å². The van der Waals surface area contributed by atoms with E-state index in [0.29, 0.717) is 0 Å². The van der Waals surface area contributed by atoms with Crippen molar-refractivity contribution in [2.45, 2.75) is 77.7 Å². The lowest BCUT2D eigenvalue weighted by Gasteiger charge is -2.22. The molecule has 3 nitrogen and oxygen atoms in total. The van der Waals surface area contributed by atoms with E-state index in [0.717, 1.165) is 43.3 Å². The predicted octanol–water partition coefficient (Wildman–Crippen LogP) is 6.70. The van der Waals surface area contributed by atoms with Crippen LogP contribution in [-0.4, -0.2) is 36.5 Å². The Morgan fingerprint density at radius 3 is 2.43 bits per heavy atom. The first-order valence-electron chi connectivity index (χ1n) is 11.8. The van der Waals surface area contributed by atoms with Gasteiger partial charge in [-0.05, 0) is 81.4 Å². The number of benzene rings is 1. The molecular formula is C26H38N2OS. The molecule has 164 valence electrons. The molecule has 0 spiro atoms. The van der Waals surface area contributed by atoms with E-state index in [1.165, 1.54) is 48.1 Å². The van der Waals surface area contributed by atoms with Crippen LogP contribution in [0.5, 0.6) is 0 Å². The lowest BCUT2D eigenvalue weighted by molar-refractivity contribution is 0.0941. The molecule has 1 aliphatic rings. The first-order chi connectivity index (χ1) is 14.6. The van der Waals surface area contributed by atoms with Crippen LogP contribution in [0.25, 0.3) is 10.4 Å². The van der Waals surface area contributed by atoms with Crippen molar-refractivity contribution in [1.82, 2.24) is 10.2 Å². The van der Waals surface area contributed by atoms with Crippen LogP contribution in [0.15, 0.2) is 36.4 Å². The van der Waals surface area contributed by atoms with Gasteiger partial charge in [-0.1, -0.05) is 57.4 Å². The zero-order valence-corrected chi connectivity index (χ0v) is 19.8. The van der Waals surface area contributed by atoms with Crippen molar-refractivity contribution in [1.29, 1.82) is 0 Å². The van der Waals surface area contributed by atoms with Gasteiger partial charge in [-0.2, -0.15) is 0 Å². The Labute approximate surface area is 186 Å². The third-order valence-corrected chi connectivity index (χ3v) is 7.62. The van der Waals surface area contributed by atoms with Gasteiger partial charge in [0.25, 0.3) is 5.91 Å². The molecule has 0 saturated heterocycles. The van der Waals surface area contributed by atoms with Crippen molar-refractivity contribution < 1.29 is 4.79 Å². The summed E-state index contributed by atoms with van der Waals surface area (Å²) in [6.45, 7) is 9.80. The van der Waals surface area contributed by atoms with E-state index in [2.05, 4.69) is 61.3 Å². The molecule has 4 heteroatoms. The number of amides is 1. The SMILES string of the molecule is CCN(CC)CCCC(C)NC(=O)c1ccc(-c2ccc(C3CCCCC3)cc2)s1. The molecule has 1 amide bonds. The highest BCUT2D eigenvalue weighted by Crippen LogP contribution is 2.34. The summed E-state index contributed by atoms with van der Waals surface area (Å²) >= 11 is 1.59. The maximum atomic E-state index is 12.7. The molecule has 0 radical (unpaired) electrons. The quantitative estimate of drug-likeness (QED) is 0.458. The fourth-order valence-corrected chi connectivity index (χ4v) is 5.41. The molecule has 2 aromatic rings. The van der Waals surface area contributed by atoms with E-state index in [4.69, 9.17) is 0 Å². The lowest BCUT2D eigenvalue weighted by atomic mass is 9.84. The molecule has 1 heterocycles. The van der Waals surface area contributed by atoms with E-state index in [-0.39, 0.29) is 11.9 Å². The molecule has 1 aliphatic carbocycles. The Morgan fingerprint density at radius 2 is 1.77 bits per heavy atom. The molecule has 1 atom stereocenters. The third kappa shape index (κ3) is 6.42. The monoisotopic (exact) mass is 426 g/mol. The van der Waals surface area contributed by atoms with Crippen molar-refractivity contribution >= 4 is 17.2 Å². The Balaban J connectivity index is 1.51. The first-order valence-corrected chi connectivity index (χ1v) is 12.7. The Hall–Kier alpha value is -1.65. The number of nitrogens with one attached hydrogen (secondary N) is 1. The van der Waals surface area contributed by atoms with Crippen LogP contribution in [0.2, 0.25) is 0 Å². The zero-order chi connectivity index (χ0) is 21.3. The number of hydrogen-bond donors (Lipinski definition) is 1. The molecule has 1 unspecified atom stereocenters. The number of thiophene rings is 1. The summed E-state index contributed by atoms with van der Waals surface area (Å²) < 4.78 is 0. The van der Waals surface area contributed by atoms with Gasteiger partial charge in [0.05, 0.1) is 4.88 Å². The molecule has 1 aromatic carbocycles. The Morgan fingerprint density at radius 1 is 1.07 bits per heavy atom. The summed E-state index contributed by atoms with van der Waals surface area (Å²) in [5.41, 5.74) is 2.69. The van der Waals surface area contributed by atoms with Gasteiger partial charge in [-0.25, -0.2) is 0 Å². The fourth-order valence-electron chi connectivity index (χ4n) is 4.50. The summed E-state index contributed by atoms with van der Waals surface area (Å²) in [6.07, 6.45) is 8.91. The zero-order valence-electron chi connectivity index (χ0n) is 19.0. The van der Waals surface area contributed by atoms with E-state index in [1.54, 1.807) is 11.3 Å². The maximum absolute atomic E-state index is 12.7. The van der Waals surface area contributed by atoms with Crippen LogP contribution in [0.1, 0.15) is 86.9 Å². The molecule has 3 rings (SSSR count). The average Bonchev–Trinajstić information content (AvgIpc) is 3.28. The van der Waals surface area contributed by atoms with Gasteiger partial charge < -0.3 is 10.2 Å². The summed E-state index contributed by atoms with van der Waals surface area (Å²) in [5.74, 6) is 0.793. The predicted molar refractivity (Wildman–Crippen MR) is 130 cm³/mol. The smallest absolute Gasteiger partial charge is 0.261 e. The Kier molecular flexibility index (Phi) is 8.95. The van der Waals surface area contributed by atoms with Crippen molar-refractivity contribution in [2.75, 3.05) is 19.6 Å². The highest BCUT2D eigenvalue weighted by molar-refractivity contribution is 7.17. The summed E-state index contributed by atoms with van der Waals surface area (Å²) in [7, 11) is 0. The maximum Gasteiger partial charge on any atom is 0.261 e. The summed E-state index contributed by atoms with van der Waals surface area (Å²) in [5, 5.41) is 3.18. The largest absolute Gasteiger partial charge is 0.349 e. The third-order valence-electron chi connectivity index (χ3n) is 6.48. The second kappa shape index (κ2) is 11.7. The molecule has 0 bridgehead atoms. The van der Waals surface area contributed by atoms with Crippen molar-refractivity contribution in [3.05, 3.63) is 46.8 Å². The van der Waals surface area contributed by atoms with Crippen LogP contribution in [0.3, 0.4) is 0 Å². The molecule has 30 heavy (non-hydrogen) atoms. The highest BCUT2D eigenvalue weighted by atomic mass is 32.1. The van der Waals surface area contributed by atoms with Gasteiger partial charge in [-0.3, -0.25) is 4.79 Å². The molecule has 1 fully saturated rings. The molecular weight excluding hydrogens is 388 g/mol. The second-order valence-electron chi connectivity index (χ2n) is 8.66. The first kappa shape index (κ1) is 23.0. The minimum Gasteiger partial charge on any atom is -0.349 e. The summed E-state index contributed by atoms with van der Waals surface area (Å²) in [6, 6.07) is 13.3. The fraction of sp³-hybridized carbons (Fsp3) is 0.577. The van der Waals surface area contributed by atoms with Crippen molar-refractivity contribution in [2.24, 2.45) is 0 Å². The minimum atomic E-state index is 0.0559. The molecule has 1 aromatic heterocycles. The van der Waals surface area contributed by atoms with E-state index < -0.39 is 0 Å². The van der Waals surface area contributed by atoms with Crippen molar-refractivity contribution in [3.8, 4) is 10.4 Å². The molecule has 1 saturated carbocycles. The van der Waals surface area contributed by atoms with E-state index >= 15 is 0 Å². The van der Waals surface area contributed by atoms with Crippen LogP contribution in [0, 0.1) is 0 Å². The molecule has 1 N–H and O–H groups in total. The van der Waals surface area contributed by atoms with Gasteiger partial charge in [0.1, 0.15) is 0 Å². The standard InChI is InChI=1S/C26H38N2OS/c1-4-28(5-2)19-9-10-20(3)27-26(29)25-18-17-24(30-25)23-15-13-22(14-16-23)21-11-7-6-8-12-21/h13-18,20-21H,4-12,19H2,1-3H3,(H,27,29). The Bertz CT molecular complexity index is 773. The minimum absolute atomic E-state index is 0.0559. The van der Waals surface area contributed by atoms with Gasteiger partial charge in [-0.15, -0.1) is 11.3 Å². The van der Waals surface area contributed by atoms with Crippen LogP contribution < -0.4 is 5.32 Å². The normalized spacial score (nSPS) is 16.0. The molecule has 0 aliphatic heterocycles. The number of nitrogens with zero attached hydrogens (tertiary/aromatic N) is 1. The van der Waals surface area contributed by atoms with Gasteiger partial charge in [0.15, 0.2) is 0 Å². The lowest BCUT2D eigenvalue weighted by Crippen LogP contribution is -2.33. The number of carbonyl (C=O) groups is 1. The van der Waals surface area contributed by atoms with Gasteiger partial charge >= 0.3 is 0 Å². The van der Waals surface area contributed by atoms with Crippen LogP contribution in [-0.2, 0) is 0 Å². The highest BCUT2D eigenvalue weighted by Gasteiger charge is 2.16. The average molecular weight is 427 g/mol. The number of hydrogen-bond acceptors (Lipinski definition) is 3. The van der Waals surface area contributed by atoms with E-state index in [1.807, 2.05) is 6.07 Å². The van der Waals surface area contributed by atoms with E-state index in [9.17, 15) is 4.79 Å². The number of carbonyl (C=O) groups excluding carboxylic acids is 1. The second-order valence-corrected chi connectivity index (χ2v) is 9.75.